The van der Waals surface area contributed by atoms with E-state index in [0.717, 1.165) is 29.7 Å². The predicted molar refractivity (Wildman–Crippen MR) is 94.4 cm³/mol. The van der Waals surface area contributed by atoms with E-state index in [1.54, 1.807) is 0 Å². The highest BCUT2D eigenvalue weighted by atomic mass is 32.1. The maximum Gasteiger partial charge on any atom is 0.319 e. The van der Waals surface area contributed by atoms with Crippen LogP contribution in [-0.2, 0) is 17.8 Å². The molecule has 0 fully saturated rings. The molecule has 0 saturated heterocycles. The number of thiophene rings is 1. The predicted octanol–water partition coefficient (Wildman–Crippen LogP) is 2.93. The highest BCUT2D eigenvalue weighted by Crippen LogP contribution is 2.36. The third kappa shape index (κ3) is 3.96. The molecule has 1 aliphatic carbocycles. The van der Waals surface area contributed by atoms with Gasteiger partial charge in [0.15, 0.2) is 0 Å². The van der Waals surface area contributed by atoms with Gasteiger partial charge >= 0.3 is 6.03 Å². The van der Waals surface area contributed by atoms with Gasteiger partial charge in [0, 0.05) is 11.4 Å². The molecule has 3 rings (SSSR count). The van der Waals surface area contributed by atoms with Crippen LogP contribution in [0.3, 0.4) is 0 Å². The summed E-state index contributed by atoms with van der Waals surface area (Å²) in [7, 11) is 0. The smallest absolute Gasteiger partial charge is 0.319 e. The van der Waals surface area contributed by atoms with Crippen LogP contribution in [0.5, 0.6) is 0 Å². The number of hydrogen-bond acceptors (Lipinski definition) is 4. The second-order valence-electron chi connectivity index (χ2n) is 6.11. The standard InChI is InChI=1S/C17H23N3O3S/c18-15(21)14-12-7-9-23-10-13(12)24-16(14)20-17(22)19-8-6-11-4-2-1-3-5-11/h4H,1-3,5-10H2,(H2,18,21)(H2,19,20,22). The minimum absolute atomic E-state index is 0.298. The third-order valence-electron chi connectivity index (χ3n) is 4.41. The van der Waals surface area contributed by atoms with E-state index in [1.165, 1.54) is 29.8 Å². The molecule has 130 valence electrons. The van der Waals surface area contributed by atoms with E-state index in [0.29, 0.717) is 36.7 Å². The van der Waals surface area contributed by atoms with E-state index in [9.17, 15) is 9.59 Å². The number of ether oxygens (including phenoxy) is 1. The van der Waals surface area contributed by atoms with E-state index in [4.69, 9.17) is 10.5 Å². The molecule has 0 spiro atoms. The van der Waals surface area contributed by atoms with Crippen LogP contribution in [0.2, 0.25) is 0 Å². The number of anilines is 1. The van der Waals surface area contributed by atoms with E-state index in [1.807, 2.05) is 0 Å². The molecule has 1 aromatic heterocycles. The van der Waals surface area contributed by atoms with Gasteiger partial charge in [-0.05, 0) is 44.1 Å². The summed E-state index contributed by atoms with van der Waals surface area (Å²) in [5, 5.41) is 6.16. The zero-order valence-corrected chi connectivity index (χ0v) is 14.5. The topological polar surface area (TPSA) is 93.5 Å². The molecular formula is C17H23N3O3S. The summed E-state index contributed by atoms with van der Waals surface area (Å²) in [5.41, 5.74) is 8.28. The van der Waals surface area contributed by atoms with Crippen molar-refractivity contribution in [3.05, 3.63) is 27.7 Å². The molecule has 2 aliphatic rings. The fourth-order valence-electron chi connectivity index (χ4n) is 3.20. The molecule has 24 heavy (non-hydrogen) atoms. The first-order valence-corrected chi connectivity index (χ1v) is 9.21. The van der Waals surface area contributed by atoms with Crippen molar-refractivity contribution in [2.24, 2.45) is 5.73 Å². The van der Waals surface area contributed by atoms with Crippen LogP contribution in [0.4, 0.5) is 9.80 Å². The van der Waals surface area contributed by atoms with Gasteiger partial charge in [-0.1, -0.05) is 11.6 Å². The number of rotatable bonds is 5. The Bertz CT molecular complexity index is 666. The van der Waals surface area contributed by atoms with Gasteiger partial charge in [0.1, 0.15) is 5.00 Å². The van der Waals surface area contributed by atoms with Crippen molar-refractivity contribution in [3.8, 4) is 0 Å². The average Bonchev–Trinajstić information content (AvgIpc) is 2.93. The number of nitrogens with one attached hydrogen (secondary N) is 2. The number of primary amides is 1. The molecule has 7 heteroatoms. The number of carbonyl (C=O) groups excluding carboxylic acids is 2. The second kappa shape index (κ2) is 7.81. The van der Waals surface area contributed by atoms with Crippen molar-refractivity contribution in [1.82, 2.24) is 5.32 Å². The maximum atomic E-state index is 12.1. The molecule has 1 aromatic rings. The fraction of sp³-hybridized carbons (Fsp3) is 0.529. The molecule has 6 nitrogen and oxygen atoms in total. The van der Waals surface area contributed by atoms with E-state index in [-0.39, 0.29) is 6.03 Å². The van der Waals surface area contributed by atoms with Crippen molar-refractivity contribution < 1.29 is 14.3 Å². The molecule has 0 saturated carbocycles. The monoisotopic (exact) mass is 349 g/mol. The van der Waals surface area contributed by atoms with Gasteiger partial charge in [0.05, 0.1) is 18.8 Å². The summed E-state index contributed by atoms with van der Waals surface area (Å²) in [6, 6.07) is -0.298. The zero-order chi connectivity index (χ0) is 16.9. The summed E-state index contributed by atoms with van der Waals surface area (Å²) >= 11 is 1.37. The van der Waals surface area contributed by atoms with E-state index < -0.39 is 5.91 Å². The van der Waals surface area contributed by atoms with Crippen LogP contribution in [0.1, 0.15) is 52.9 Å². The minimum atomic E-state index is -0.503. The Morgan fingerprint density at radius 3 is 2.92 bits per heavy atom. The van der Waals surface area contributed by atoms with Crippen molar-refractivity contribution in [1.29, 1.82) is 0 Å². The Morgan fingerprint density at radius 2 is 2.17 bits per heavy atom. The first kappa shape index (κ1) is 17.0. The average molecular weight is 349 g/mol. The van der Waals surface area contributed by atoms with Gasteiger partial charge in [0.2, 0.25) is 0 Å². The lowest BCUT2D eigenvalue weighted by molar-refractivity contribution is 0.0991. The Morgan fingerprint density at radius 1 is 1.29 bits per heavy atom. The number of amides is 3. The normalized spacial score (nSPS) is 16.9. The minimum Gasteiger partial charge on any atom is -0.376 e. The molecule has 0 radical (unpaired) electrons. The van der Waals surface area contributed by atoms with Crippen molar-refractivity contribution in [2.75, 3.05) is 18.5 Å². The zero-order valence-electron chi connectivity index (χ0n) is 13.7. The fourth-order valence-corrected chi connectivity index (χ4v) is 4.38. The van der Waals surface area contributed by atoms with Crippen LogP contribution >= 0.6 is 11.3 Å². The van der Waals surface area contributed by atoms with Crippen LogP contribution in [0.15, 0.2) is 11.6 Å². The first-order chi connectivity index (χ1) is 11.6. The van der Waals surface area contributed by atoms with Crippen LogP contribution in [0.25, 0.3) is 0 Å². The van der Waals surface area contributed by atoms with Crippen molar-refractivity contribution in [3.63, 3.8) is 0 Å². The Hall–Kier alpha value is -1.86. The number of carbonyl (C=O) groups is 2. The number of nitrogens with two attached hydrogens (primary N) is 1. The van der Waals surface area contributed by atoms with Crippen molar-refractivity contribution in [2.45, 2.75) is 45.1 Å². The first-order valence-electron chi connectivity index (χ1n) is 8.40. The quantitative estimate of drug-likeness (QED) is 0.714. The summed E-state index contributed by atoms with van der Waals surface area (Å²) in [6.45, 7) is 1.64. The van der Waals surface area contributed by atoms with Crippen LogP contribution in [-0.4, -0.2) is 25.1 Å². The summed E-state index contributed by atoms with van der Waals surface area (Å²) in [5.74, 6) is -0.503. The van der Waals surface area contributed by atoms with Gasteiger partial charge < -0.3 is 15.8 Å². The van der Waals surface area contributed by atoms with Gasteiger partial charge in [-0.15, -0.1) is 11.3 Å². The summed E-state index contributed by atoms with van der Waals surface area (Å²) in [4.78, 5) is 24.9. The molecule has 0 atom stereocenters. The lowest BCUT2D eigenvalue weighted by Gasteiger charge is -2.13. The van der Waals surface area contributed by atoms with Crippen molar-refractivity contribution >= 4 is 28.3 Å². The SMILES string of the molecule is NC(=O)c1c(NC(=O)NCCC2=CCCCC2)sc2c1CCOC2. The van der Waals surface area contributed by atoms with Gasteiger partial charge in [-0.3, -0.25) is 10.1 Å². The molecule has 0 unspecified atom stereocenters. The second-order valence-corrected chi connectivity index (χ2v) is 7.22. The highest BCUT2D eigenvalue weighted by Gasteiger charge is 2.25. The Kier molecular flexibility index (Phi) is 5.52. The number of hydrogen-bond donors (Lipinski definition) is 3. The largest absolute Gasteiger partial charge is 0.376 e. The van der Waals surface area contributed by atoms with Gasteiger partial charge in [-0.25, -0.2) is 4.79 Å². The third-order valence-corrected chi connectivity index (χ3v) is 5.53. The lowest BCUT2D eigenvalue weighted by Crippen LogP contribution is -2.30. The van der Waals surface area contributed by atoms with Crippen LogP contribution < -0.4 is 16.4 Å². The molecular weight excluding hydrogens is 326 g/mol. The number of allylic oxidation sites excluding steroid dienone is 1. The molecule has 2 heterocycles. The summed E-state index contributed by atoms with van der Waals surface area (Å²) in [6.07, 6.45) is 8.59. The van der Waals surface area contributed by atoms with Crippen LogP contribution in [0, 0.1) is 0 Å². The van der Waals surface area contributed by atoms with E-state index >= 15 is 0 Å². The summed E-state index contributed by atoms with van der Waals surface area (Å²) < 4.78 is 5.40. The maximum absolute atomic E-state index is 12.1. The molecule has 4 N–H and O–H groups in total. The molecule has 1 aliphatic heterocycles. The lowest BCUT2D eigenvalue weighted by atomic mass is 9.97. The molecule has 3 amide bonds. The Balaban J connectivity index is 1.58. The van der Waals surface area contributed by atoms with Gasteiger partial charge in [0.25, 0.3) is 5.91 Å². The highest BCUT2D eigenvalue weighted by molar-refractivity contribution is 7.17. The number of urea groups is 1. The van der Waals surface area contributed by atoms with Gasteiger partial charge in [-0.2, -0.15) is 0 Å². The molecule has 0 bridgehead atoms. The number of fused-ring (bicyclic) bond motifs is 1. The van der Waals surface area contributed by atoms with E-state index in [2.05, 4.69) is 16.7 Å². The Labute approximate surface area is 145 Å². The molecule has 0 aromatic carbocycles.